The normalized spacial score (nSPS) is 15.6. The molecule has 0 bridgehead atoms. The number of non-ortho nitro benzene ring substituents is 1. The Morgan fingerprint density at radius 2 is 2.05 bits per heavy atom. The summed E-state index contributed by atoms with van der Waals surface area (Å²) < 4.78 is 36.4. The van der Waals surface area contributed by atoms with Gasteiger partial charge in [-0.2, -0.15) is 13.2 Å². The molecular weight excluding hydrogens is 279 g/mol. The molecule has 1 aromatic rings. The molecule has 1 aromatic carbocycles. The van der Waals surface area contributed by atoms with Gasteiger partial charge in [0.2, 0.25) is 0 Å². The van der Waals surface area contributed by atoms with Crippen molar-refractivity contribution in [3.63, 3.8) is 0 Å². The summed E-state index contributed by atoms with van der Waals surface area (Å²) in [7, 11) is 0. The van der Waals surface area contributed by atoms with E-state index >= 15 is 0 Å². The molecule has 1 heterocycles. The Labute approximate surface area is 111 Å². The third kappa shape index (κ3) is 3.05. The van der Waals surface area contributed by atoms with Gasteiger partial charge < -0.3 is 0 Å². The average molecular weight is 289 g/mol. The van der Waals surface area contributed by atoms with E-state index in [1.165, 1.54) is 12.1 Å². The van der Waals surface area contributed by atoms with Crippen LogP contribution in [0.25, 0.3) is 0 Å². The second-order valence-corrected chi connectivity index (χ2v) is 4.32. The molecule has 0 saturated carbocycles. The molecule has 0 radical (unpaired) electrons. The maximum atomic E-state index is 12.1. The Morgan fingerprint density at radius 3 is 2.65 bits per heavy atom. The van der Waals surface area contributed by atoms with E-state index in [-0.39, 0.29) is 18.8 Å². The fourth-order valence-corrected chi connectivity index (χ4v) is 1.96. The predicted molar refractivity (Wildman–Crippen MR) is 61.4 cm³/mol. The van der Waals surface area contributed by atoms with Crippen LogP contribution >= 0.6 is 0 Å². The minimum atomic E-state index is -4.96. The van der Waals surface area contributed by atoms with Gasteiger partial charge in [0.1, 0.15) is 0 Å². The van der Waals surface area contributed by atoms with E-state index < -0.39 is 17.0 Å². The van der Waals surface area contributed by atoms with Gasteiger partial charge in [0.15, 0.2) is 0 Å². The van der Waals surface area contributed by atoms with Gasteiger partial charge in [-0.05, 0) is 17.5 Å². The summed E-state index contributed by atoms with van der Waals surface area (Å²) in [6, 6.07) is 4.24. The molecule has 0 aromatic heterocycles. The van der Waals surface area contributed by atoms with Crippen LogP contribution in [0, 0.1) is 10.1 Å². The molecule has 0 unspecified atom stereocenters. The van der Waals surface area contributed by atoms with Gasteiger partial charge in [-0.3, -0.25) is 20.3 Å². The Kier molecular flexibility index (Phi) is 3.62. The second kappa shape index (κ2) is 5.08. The molecule has 0 aliphatic carbocycles. The van der Waals surface area contributed by atoms with Crippen LogP contribution in [0.4, 0.5) is 18.9 Å². The molecule has 1 N–H and O–H groups in total. The topological polar surface area (TPSA) is 75.5 Å². The molecular formula is C11H10F3N3O3. The van der Waals surface area contributed by atoms with Gasteiger partial charge in [-0.25, -0.2) is 5.01 Å². The third-order valence-corrected chi connectivity index (χ3v) is 2.93. The number of carbonyl (C=O) groups excluding carboxylic acids is 1. The molecule has 1 aliphatic rings. The summed E-state index contributed by atoms with van der Waals surface area (Å²) in [5.41, 5.74) is 2.98. The van der Waals surface area contributed by atoms with E-state index in [1.807, 2.05) is 0 Å². The Balaban J connectivity index is 2.12. The lowest BCUT2D eigenvalue weighted by Crippen LogP contribution is -2.49. The van der Waals surface area contributed by atoms with Crippen LogP contribution in [0.3, 0.4) is 0 Å². The SMILES string of the molecule is O=C(NN1CCc2ccc([N+](=O)[O-])cc2C1)C(F)(F)F. The first-order valence-corrected chi connectivity index (χ1v) is 5.66. The number of carbonyl (C=O) groups is 1. The number of alkyl halides is 3. The fraction of sp³-hybridized carbons (Fsp3) is 0.364. The van der Waals surface area contributed by atoms with Crippen LogP contribution in [-0.4, -0.2) is 28.6 Å². The van der Waals surface area contributed by atoms with E-state index in [1.54, 1.807) is 11.5 Å². The molecule has 0 saturated heterocycles. The van der Waals surface area contributed by atoms with Crippen LogP contribution < -0.4 is 5.43 Å². The Bertz CT molecular complexity index is 560. The molecule has 0 atom stereocenters. The summed E-state index contributed by atoms with van der Waals surface area (Å²) in [6.45, 7) is 0.214. The molecule has 9 heteroatoms. The number of hydrogen-bond acceptors (Lipinski definition) is 4. The zero-order chi connectivity index (χ0) is 14.9. The van der Waals surface area contributed by atoms with Crippen molar-refractivity contribution in [3.8, 4) is 0 Å². The van der Waals surface area contributed by atoms with Gasteiger partial charge in [0.25, 0.3) is 5.69 Å². The van der Waals surface area contributed by atoms with Crippen molar-refractivity contribution in [1.82, 2.24) is 10.4 Å². The fourth-order valence-electron chi connectivity index (χ4n) is 1.96. The molecule has 108 valence electrons. The first-order valence-electron chi connectivity index (χ1n) is 5.66. The maximum Gasteiger partial charge on any atom is 0.472 e. The van der Waals surface area contributed by atoms with Crippen LogP contribution in [0.1, 0.15) is 11.1 Å². The Morgan fingerprint density at radius 1 is 1.35 bits per heavy atom. The smallest absolute Gasteiger partial charge is 0.281 e. The number of rotatable bonds is 2. The molecule has 1 aliphatic heterocycles. The van der Waals surface area contributed by atoms with Crippen LogP contribution in [0.15, 0.2) is 18.2 Å². The summed E-state index contributed by atoms with van der Waals surface area (Å²) in [4.78, 5) is 20.9. The standard InChI is InChI=1S/C11H10F3N3O3/c12-11(13,14)10(18)15-16-4-3-7-1-2-9(17(19)20)5-8(7)6-16/h1-2,5H,3-4,6H2,(H,15,18). The molecule has 1 amide bonds. The Hall–Kier alpha value is -2.16. The summed E-state index contributed by atoms with van der Waals surface area (Å²) in [5, 5.41) is 11.8. The molecule has 20 heavy (non-hydrogen) atoms. The molecule has 2 rings (SSSR count). The van der Waals surface area contributed by atoms with Gasteiger partial charge in [0.05, 0.1) is 4.92 Å². The number of amides is 1. The van der Waals surface area contributed by atoms with Crippen LogP contribution in [0.2, 0.25) is 0 Å². The van der Waals surface area contributed by atoms with Gasteiger partial charge in [-0.15, -0.1) is 0 Å². The van der Waals surface area contributed by atoms with E-state index in [0.29, 0.717) is 12.0 Å². The van der Waals surface area contributed by atoms with Crippen molar-refractivity contribution in [3.05, 3.63) is 39.4 Å². The lowest BCUT2D eigenvalue weighted by molar-refractivity contribution is -0.385. The minimum Gasteiger partial charge on any atom is -0.281 e. The van der Waals surface area contributed by atoms with Gasteiger partial charge in [0, 0.05) is 25.2 Å². The number of nitrogens with one attached hydrogen (secondary N) is 1. The monoisotopic (exact) mass is 289 g/mol. The highest BCUT2D eigenvalue weighted by molar-refractivity contribution is 5.81. The van der Waals surface area contributed by atoms with Crippen molar-refractivity contribution < 1.29 is 22.9 Å². The highest BCUT2D eigenvalue weighted by atomic mass is 19.4. The maximum absolute atomic E-state index is 12.1. The van der Waals surface area contributed by atoms with Crippen molar-refractivity contribution in [2.75, 3.05) is 6.54 Å². The molecule has 6 nitrogen and oxygen atoms in total. The number of nitrogens with zero attached hydrogens (tertiary/aromatic N) is 2. The average Bonchev–Trinajstić information content (AvgIpc) is 2.36. The highest BCUT2D eigenvalue weighted by Gasteiger charge is 2.40. The van der Waals surface area contributed by atoms with Crippen molar-refractivity contribution in [2.45, 2.75) is 19.1 Å². The molecule has 0 fully saturated rings. The summed E-state index contributed by atoms with van der Waals surface area (Å²) in [6.07, 6.45) is -4.55. The van der Waals surface area contributed by atoms with Gasteiger partial charge in [-0.1, -0.05) is 6.07 Å². The number of nitro benzene ring substituents is 1. The third-order valence-electron chi connectivity index (χ3n) is 2.93. The van der Waals surface area contributed by atoms with Crippen molar-refractivity contribution >= 4 is 11.6 Å². The first-order chi connectivity index (χ1) is 9.27. The lowest BCUT2D eigenvalue weighted by atomic mass is 10.00. The van der Waals surface area contributed by atoms with Gasteiger partial charge >= 0.3 is 12.1 Å². The lowest BCUT2D eigenvalue weighted by Gasteiger charge is -2.29. The van der Waals surface area contributed by atoms with Crippen LogP contribution in [-0.2, 0) is 17.8 Å². The quantitative estimate of drug-likeness (QED) is 0.662. The summed E-state index contributed by atoms with van der Waals surface area (Å²) in [5.74, 6) is -2.05. The minimum absolute atomic E-state index is 0.00116. The number of hydrogen-bond donors (Lipinski definition) is 1. The summed E-state index contributed by atoms with van der Waals surface area (Å²) >= 11 is 0. The second-order valence-electron chi connectivity index (χ2n) is 4.32. The van der Waals surface area contributed by atoms with Crippen LogP contribution in [0.5, 0.6) is 0 Å². The number of benzene rings is 1. The van der Waals surface area contributed by atoms with Crippen molar-refractivity contribution in [1.29, 1.82) is 0 Å². The van der Waals surface area contributed by atoms with Crippen molar-refractivity contribution in [2.24, 2.45) is 0 Å². The van der Waals surface area contributed by atoms with E-state index in [4.69, 9.17) is 0 Å². The predicted octanol–water partition coefficient (Wildman–Crippen LogP) is 1.55. The van der Waals surface area contributed by atoms with E-state index in [2.05, 4.69) is 0 Å². The van der Waals surface area contributed by atoms with E-state index in [9.17, 15) is 28.1 Å². The molecule has 0 spiro atoms. The number of nitro groups is 1. The highest BCUT2D eigenvalue weighted by Crippen LogP contribution is 2.23. The largest absolute Gasteiger partial charge is 0.472 e. The number of hydrazine groups is 1. The zero-order valence-corrected chi connectivity index (χ0v) is 10.1. The number of fused-ring (bicyclic) bond motifs is 1. The zero-order valence-electron chi connectivity index (χ0n) is 10.1. The number of halogens is 3. The first kappa shape index (κ1) is 14.3. The van der Waals surface area contributed by atoms with E-state index in [0.717, 1.165) is 10.6 Å².